The monoisotopic (exact) mass is 626 g/mol. The zero-order chi connectivity index (χ0) is 32.0. The van der Waals surface area contributed by atoms with E-state index in [0.29, 0.717) is 0 Å². The minimum absolute atomic E-state index is 0.0255. The molecule has 11 atom stereocenters. The molecule has 0 amide bonds. The molecule has 44 heavy (non-hydrogen) atoms. The van der Waals surface area contributed by atoms with Crippen LogP contribution in [0.4, 0.5) is 0 Å². The maximum absolute atomic E-state index is 10.6. The Bertz CT molecular complexity index is 1380. The molecular formula is C28H34O16. The summed E-state index contributed by atoms with van der Waals surface area (Å²) in [4.78, 5) is 0. The van der Waals surface area contributed by atoms with Gasteiger partial charge in [0.2, 0.25) is 18.3 Å². The standard InChI is InChI=1S/C28H34O16/c1-9-19(32)22(35)24(37)27(40-9)43-17-7-12-14(41-26(17)10-3-13(31)20(33)16(4-10)39-2)5-11(30)6-15(12)42-28-25(38)23(36)21(34)18(8-29)44-28/h3-7,9,18-19,21-38H,8H2,1-2H3/t9-,18-,19-,21+,22+,23-,24-,25+,26?,27+,28+/m0/s1. The molecule has 2 fully saturated rings. The molecule has 10 N–H and O–H groups in total. The number of hydrogen-bond donors (Lipinski definition) is 10. The van der Waals surface area contributed by atoms with Gasteiger partial charge in [0.1, 0.15) is 65.7 Å². The fourth-order valence-electron chi connectivity index (χ4n) is 5.11. The summed E-state index contributed by atoms with van der Waals surface area (Å²) < 4.78 is 34.0. The number of fused-ring (bicyclic) bond motifs is 1. The third-order valence-corrected chi connectivity index (χ3v) is 7.63. The summed E-state index contributed by atoms with van der Waals surface area (Å²) in [5.41, 5.74) is 0.243. The number of hydrogen-bond acceptors (Lipinski definition) is 16. The van der Waals surface area contributed by atoms with E-state index in [0.717, 1.165) is 12.1 Å². The minimum atomic E-state index is -1.78. The molecule has 0 bridgehead atoms. The summed E-state index contributed by atoms with van der Waals surface area (Å²) in [5, 5.41) is 102. The lowest BCUT2D eigenvalue weighted by atomic mass is 9.98. The van der Waals surface area contributed by atoms with Gasteiger partial charge in [-0.3, -0.25) is 0 Å². The molecule has 0 aromatic heterocycles. The van der Waals surface area contributed by atoms with Crippen molar-refractivity contribution >= 4 is 6.08 Å². The van der Waals surface area contributed by atoms with Crippen LogP contribution in [0.5, 0.6) is 34.5 Å². The smallest absolute Gasteiger partial charge is 0.229 e. The van der Waals surface area contributed by atoms with Crippen LogP contribution in [0.3, 0.4) is 0 Å². The van der Waals surface area contributed by atoms with Crippen molar-refractivity contribution in [1.29, 1.82) is 0 Å². The van der Waals surface area contributed by atoms with Crippen LogP contribution in [0.15, 0.2) is 30.0 Å². The highest BCUT2D eigenvalue weighted by atomic mass is 16.7. The van der Waals surface area contributed by atoms with Crippen LogP contribution in [0, 0.1) is 0 Å². The molecule has 0 aliphatic carbocycles. The van der Waals surface area contributed by atoms with E-state index in [9.17, 15) is 51.1 Å². The van der Waals surface area contributed by atoms with Crippen molar-refractivity contribution in [2.24, 2.45) is 0 Å². The molecule has 16 nitrogen and oxygen atoms in total. The SMILES string of the molecule is COc1cc(C2Oc3cc(O)cc(O[C@@H]4O[C@@H](CO)[C@@H](O)[C@H](O)[C@H]4O)c3C=C2O[C@H]2O[C@@H](C)[C@H](O)[C@@H](O)[C@@H]2O)cc(O)c1O. The topological polar surface area (TPSA) is 258 Å². The quantitative estimate of drug-likeness (QED) is 0.154. The van der Waals surface area contributed by atoms with Crippen molar-refractivity contribution in [2.75, 3.05) is 13.7 Å². The number of phenols is 3. The number of ether oxygens (including phenoxy) is 6. The van der Waals surface area contributed by atoms with E-state index >= 15 is 0 Å². The summed E-state index contributed by atoms with van der Waals surface area (Å²) in [7, 11) is 1.25. The van der Waals surface area contributed by atoms with Crippen LogP contribution in [0.2, 0.25) is 0 Å². The van der Waals surface area contributed by atoms with Gasteiger partial charge >= 0.3 is 0 Å². The average Bonchev–Trinajstić information content (AvgIpc) is 3.00. The van der Waals surface area contributed by atoms with E-state index < -0.39 is 85.6 Å². The van der Waals surface area contributed by atoms with Crippen molar-refractivity contribution in [3.8, 4) is 34.5 Å². The molecule has 2 aromatic carbocycles. The largest absolute Gasteiger partial charge is 0.508 e. The Hall–Kier alpha value is -3.58. The van der Waals surface area contributed by atoms with Gasteiger partial charge in [-0.25, -0.2) is 0 Å². The van der Waals surface area contributed by atoms with Crippen LogP contribution >= 0.6 is 0 Å². The van der Waals surface area contributed by atoms with Crippen molar-refractivity contribution in [1.82, 2.24) is 0 Å². The molecule has 16 heteroatoms. The number of aliphatic hydroxyl groups is 7. The van der Waals surface area contributed by atoms with Gasteiger partial charge in [-0.15, -0.1) is 0 Å². The van der Waals surface area contributed by atoms with E-state index in [1.165, 1.54) is 32.2 Å². The molecule has 1 unspecified atom stereocenters. The lowest BCUT2D eigenvalue weighted by Gasteiger charge is -2.41. The first-order valence-corrected chi connectivity index (χ1v) is 13.5. The van der Waals surface area contributed by atoms with Gasteiger partial charge in [-0.2, -0.15) is 0 Å². The molecule has 3 aliphatic heterocycles. The lowest BCUT2D eigenvalue weighted by molar-refractivity contribution is -0.285. The van der Waals surface area contributed by atoms with Crippen LogP contribution in [-0.2, 0) is 14.2 Å². The summed E-state index contributed by atoms with van der Waals surface area (Å²) >= 11 is 0. The molecule has 242 valence electrons. The predicted molar refractivity (Wildman–Crippen MR) is 144 cm³/mol. The first-order valence-electron chi connectivity index (χ1n) is 13.5. The van der Waals surface area contributed by atoms with Crippen LogP contribution in [-0.4, -0.2) is 126 Å². The van der Waals surface area contributed by atoms with Gasteiger partial charge in [0.05, 0.1) is 25.4 Å². The van der Waals surface area contributed by atoms with Crippen LogP contribution in [0.1, 0.15) is 24.2 Å². The van der Waals surface area contributed by atoms with Gasteiger partial charge in [-0.05, 0) is 25.1 Å². The molecular weight excluding hydrogens is 592 g/mol. The second-order valence-corrected chi connectivity index (χ2v) is 10.6. The Morgan fingerprint density at radius 2 is 1.41 bits per heavy atom. The first-order chi connectivity index (χ1) is 20.8. The van der Waals surface area contributed by atoms with Gasteiger partial charge in [0.15, 0.2) is 17.6 Å². The molecule has 0 radical (unpaired) electrons. The Morgan fingerprint density at radius 3 is 2.07 bits per heavy atom. The second kappa shape index (κ2) is 12.4. The highest BCUT2D eigenvalue weighted by Gasteiger charge is 2.46. The summed E-state index contributed by atoms with van der Waals surface area (Å²) in [6, 6.07) is 4.82. The molecule has 2 saturated heterocycles. The normalized spacial score (nSPS) is 35.2. The lowest BCUT2D eigenvalue weighted by Crippen LogP contribution is -2.60. The molecule has 3 aliphatic rings. The Kier molecular flexibility index (Phi) is 8.99. The maximum Gasteiger partial charge on any atom is 0.229 e. The fraction of sp³-hybridized carbons (Fsp3) is 0.500. The summed E-state index contributed by atoms with van der Waals surface area (Å²) in [6.45, 7) is 0.740. The zero-order valence-corrected chi connectivity index (χ0v) is 23.4. The maximum atomic E-state index is 10.6. The highest BCUT2D eigenvalue weighted by Crippen LogP contribution is 2.48. The third kappa shape index (κ3) is 5.79. The zero-order valence-electron chi connectivity index (χ0n) is 23.4. The van der Waals surface area contributed by atoms with E-state index in [1.54, 1.807) is 0 Å². The molecule has 0 spiro atoms. The number of methoxy groups -OCH3 is 1. The van der Waals surface area contributed by atoms with Crippen molar-refractivity contribution < 1.29 is 79.5 Å². The van der Waals surface area contributed by atoms with Crippen molar-refractivity contribution in [3.05, 3.63) is 41.2 Å². The van der Waals surface area contributed by atoms with E-state index in [1.807, 2.05) is 0 Å². The number of phenolic OH excluding ortho intramolecular Hbond substituents is 3. The number of benzene rings is 2. The molecule has 0 saturated carbocycles. The van der Waals surface area contributed by atoms with E-state index in [4.69, 9.17) is 28.4 Å². The Labute approximate surface area is 249 Å². The predicted octanol–water partition coefficient (Wildman–Crippen LogP) is -1.69. The summed E-state index contributed by atoms with van der Waals surface area (Å²) in [5.74, 6) is -1.94. The van der Waals surface area contributed by atoms with Crippen LogP contribution < -0.4 is 14.2 Å². The fourth-order valence-corrected chi connectivity index (χ4v) is 5.11. The minimum Gasteiger partial charge on any atom is -0.508 e. The van der Waals surface area contributed by atoms with Gasteiger partial charge in [-0.1, -0.05) is 0 Å². The van der Waals surface area contributed by atoms with Crippen molar-refractivity contribution in [3.63, 3.8) is 0 Å². The van der Waals surface area contributed by atoms with Gasteiger partial charge in [0, 0.05) is 17.7 Å². The second-order valence-electron chi connectivity index (χ2n) is 10.6. The van der Waals surface area contributed by atoms with Crippen LogP contribution in [0.25, 0.3) is 6.08 Å². The third-order valence-electron chi connectivity index (χ3n) is 7.63. The molecule has 5 rings (SSSR count). The first kappa shape index (κ1) is 31.8. The number of aromatic hydroxyl groups is 3. The van der Waals surface area contributed by atoms with E-state index in [2.05, 4.69) is 0 Å². The Balaban J connectivity index is 1.57. The van der Waals surface area contributed by atoms with Crippen molar-refractivity contribution in [2.45, 2.75) is 74.4 Å². The highest BCUT2D eigenvalue weighted by molar-refractivity contribution is 5.70. The Morgan fingerprint density at radius 1 is 0.750 bits per heavy atom. The average molecular weight is 627 g/mol. The molecule has 3 heterocycles. The number of aliphatic hydroxyl groups excluding tert-OH is 7. The summed E-state index contributed by atoms with van der Waals surface area (Å²) in [6.07, 6.45) is -15.3. The number of rotatable bonds is 7. The van der Waals surface area contributed by atoms with E-state index in [-0.39, 0.29) is 39.9 Å². The molecule has 2 aromatic rings. The van der Waals surface area contributed by atoms with Gasteiger partial charge in [0.25, 0.3) is 0 Å². The van der Waals surface area contributed by atoms with Gasteiger partial charge < -0.3 is 79.5 Å².